The number of aliphatic imine (C=N–C) groups is 1. The molecule has 1 aromatic heterocycles. The van der Waals surface area contributed by atoms with Crippen molar-refractivity contribution in [2.24, 2.45) is 4.99 Å². The number of ketones is 2. The molecule has 3 rings (SSSR count). The second-order valence-corrected chi connectivity index (χ2v) is 6.42. The minimum absolute atomic E-state index is 0.00258. The van der Waals surface area contributed by atoms with Crippen molar-refractivity contribution in [3.8, 4) is 17.6 Å². The van der Waals surface area contributed by atoms with Crippen molar-refractivity contribution in [2.75, 3.05) is 27.4 Å². The number of fused-ring (bicyclic) bond motifs is 1. The van der Waals surface area contributed by atoms with Gasteiger partial charge in [0.25, 0.3) is 0 Å². The maximum atomic E-state index is 12.2. The van der Waals surface area contributed by atoms with E-state index in [4.69, 9.17) is 25.8 Å². The van der Waals surface area contributed by atoms with Gasteiger partial charge in [0.15, 0.2) is 17.3 Å². The van der Waals surface area contributed by atoms with Crippen LogP contribution < -0.4 is 9.47 Å². The second kappa shape index (κ2) is 8.82. The van der Waals surface area contributed by atoms with Crippen LogP contribution in [0.3, 0.4) is 0 Å². The van der Waals surface area contributed by atoms with E-state index in [1.807, 2.05) is 6.07 Å². The zero-order valence-electron chi connectivity index (χ0n) is 15.7. The summed E-state index contributed by atoms with van der Waals surface area (Å²) in [5.41, 5.74) is 0.866. The molecule has 148 valence electrons. The van der Waals surface area contributed by atoms with Crippen molar-refractivity contribution in [3.63, 3.8) is 0 Å². The van der Waals surface area contributed by atoms with Crippen LogP contribution in [0.15, 0.2) is 34.4 Å². The maximum absolute atomic E-state index is 12.2. The number of aromatic nitrogens is 1. The number of carbonyl (C=O) groups excluding carboxylic acids is 2. The fourth-order valence-corrected chi connectivity index (χ4v) is 2.89. The van der Waals surface area contributed by atoms with E-state index in [2.05, 4.69) is 9.98 Å². The Balaban J connectivity index is 2.15. The van der Waals surface area contributed by atoms with Crippen LogP contribution in [0.2, 0.25) is 0 Å². The molecule has 0 saturated carbocycles. The molecule has 0 atom stereocenters. The van der Waals surface area contributed by atoms with Gasteiger partial charge < -0.3 is 14.2 Å². The third-order valence-electron chi connectivity index (χ3n) is 4.17. The first-order chi connectivity index (χ1) is 14.0. The largest absolute Gasteiger partial charge is 0.493 e. The number of Topliss-reactive ketones (excluding diaryl/α,β-unsaturated/α-hetero) is 1. The van der Waals surface area contributed by atoms with Crippen LogP contribution in [-0.2, 0) is 14.3 Å². The SMILES string of the molecule is COCCOc1cc2ncc(C#N)c(N=C3CC(=O)C(Cl)=CC3=O)c2cc1OC. The molecule has 9 heteroatoms. The number of hydrogen-bond acceptors (Lipinski definition) is 8. The lowest BCUT2D eigenvalue weighted by Gasteiger charge is -2.14. The predicted octanol–water partition coefficient (Wildman–Crippen LogP) is 2.88. The molecule has 29 heavy (non-hydrogen) atoms. The van der Waals surface area contributed by atoms with E-state index in [1.54, 1.807) is 19.2 Å². The third-order valence-corrected chi connectivity index (χ3v) is 4.49. The summed E-state index contributed by atoms with van der Waals surface area (Å²) < 4.78 is 16.0. The van der Waals surface area contributed by atoms with Crippen molar-refractivity contribution < 1.29 is 23.8 Å². The molecule has 1 heterocycles. The Bertz CT molecular complexity index is 1100. The highest BCUT2D eigenvalue weighted by Gasteiger charge is 2.24. The number of nitrogens with zero attached hydrogens (tertiary/aromatic N) is 3. The number of halogens is 1. The summed E-state index contributed by atoms with van der Waals surface area (Å²) in [6.07, 6.45) is 2.15. The van der Waals surface area contributed by atoms with E-state index in [1.165, 1.54) is 13.3 Å². The summed E-state index contributed by atoms with van der Waals surface area (Å²) in [4.78, 5) is 32.7. The average molecular weight is 414 g/mol. The van der Waals surface area contributed by atoms with Gasteiger partial charge in [-0.2, -0.15) is 5.26 Å². The van der Waals surface area contributed by atoms with Crippen molar-refractivity contribution in [1.82, 2.24) is 4.98 Å². The Kier molecular flexibility index (Phi) is 6.22. The highest BCUT2D eigenvalue weighted by atomic mass is 35.5. The lowest BCUT2D eigenvalue weighted by molar-refractivity contribution is -0.116. The van der Waals surface area contributed by atoms with E-state index in [0.29, 0.717) is 35.6 Å². The first-order valence-electron chi connectivity index (χ1n) is 8.53. The van der Waals surface area contributed by atoms with Crippen LogP contribution in [0.25, 0.3) is 10.9 Å². The van der Waals surface area contributed by atoms with Gasteiger partial charge in [0, 0.05) is 30.8 Å². The summed E-state index contributed by atoms with van der Waals surface area (Å²) in [5, 5.41) is 9.83. The van der Waals surface area contributed by atoms with Crippen molar-refractivity contribution >= 4 is 45.5 Å². The lowest BCUT2D eigenvalue weighted by Crippen LogP contribution is -2.22. The van der Waals surface area contributed by atoms with Crippen LogP contribution in [0, 0.1) is 11.3 Å². The standard InChI is InChI=1S/C20H16ClN3O5/c1-27-3-4-29-19-8-14-12(5-18(19)28-2)20(11(9-22)10-23-14)24-15-7-16(25)13(21)6-17(15)26/h5-6,8,10H,3-4,7H2,1-2H3. The average Bonchev–Trinajstić information content (AvgIpc) is 2.71. The highest BCUT2D eigenvalue weighted by Crippen LogP contribution is 2.37. The number of hydrogen-bond donors (Lipinski definition) is 0. The number of nitriles is 1. The Morgan fingerprint density at radius 2 is 2.03 bits per heavy atom. The van der Waals surface area contributed by atoms with Gasteiger partial charge in [0.2, 0.25) is 5.78 Å². The molecule has 1 aliphatic carbocycles. The van der Waals surface area contributed by atoms with Gasteiger partial charge >= 0.3 is 0 Å². The molecule has 0 spiro atoms. The minimum atomic E-state index is -0.477. The molecule has 0 fully saturated rings. The summed E-state index contributed by atoms with van der Waals surface area (Å²) in [5.74, 6) is -0.0318. The number of pyridine rings is 1. The minimum Gasteiger partial charge on any atom is -0.493 e. The first-order valence-corrected chi connectivity index (χ1v) is 8.91. The number of carbonyl (C=O) groups is 2. The van der Waals surface area contributed by atoms with Crippen molar-refractivity contribution in [3.05, 3.63) is 35.0 Å². The van der Waals surface area contributed by atoms with Crippen LogP contribution in [0.1, 0.15) is 12.0 Å². The normalized spacial score (nSPS) is 15.4. The van der Waals surface area contributed by atoms with Crippen LogP contribution >= 0.6 is 11.6 Å². The van der Waals surface area contributed by atoms with Gasteiger partial charge in [-0.25, -0.2) is 4.99 Å². The molecule has 0 amide bonds. The highest BCUT2D eigenvalue weighted by molar-refractivity contribution is 6.57. The molecule has 0 saturated heterocycles. The van der Waals surface area contributed by atoms with Gasteiger partial charge in [-0.05, 0) is 6.07 Å². The Morgan fingerprint density at radius 1 is 1.24 bits per heavy atom. The molecule has 0 radical (unpaired) electrons. The lowest BCUT2D eigenvalue weighted by atomic mass is 10.0. The monoisotopic (exact) mass is 413 g/mol. The van der Waals surface area contributed by atoms with Crippen molar-refractivity contribution in [2.45, 2.75) is 6.42 Å². The van der Waals surface area contributed by atoms with Gasteiger partial charge in [-0.3, -0.25) is 14.6 Å². The Morgan fingerprint density at radius 3 is 2.72 bits per heavy atom. The molecular formula is C20H16ClN3O5. The Hall–Kier alpha value is -3.28. The van der Waals surface area contributed by atoms with E-state index in [9.17, 15) is 14.9 Å². The third kappa shape index (κ3) is 4.26. The number of ether oxygens (including phenoxy) is 3. The fourth-order valence-electron chi connectivity index (χ4n) is 2.73. The molecule has 2 aromatic rings. The van der Waals surface area contributed by atoms with E-state index in [0.717, 1.165) is 6.08 Å². The van der Waals surface area contributed by atoms with E-state index >= 15 is 0 Å². The van der Waals surface area contributed by atoms with Crippen LogP contribution in [0.4, 0.5) is 5.69 Å². The maximum Gasteiger partial charge on any atom is 0.202 e. The zero-order chi connectivity index (χ0) is 21.0. The van der Waals surface area contributed by atoms with Gasteiger partial charge in [-0.1, -0.05) is 11.6 Å². The topological polar surface area (TPSA) is 111 Å². The number of allylic oxidation sites excluding steroid dienone is 2. The summed E-state index contributed by atoms with van der Waals surface area (Å²) in [6.45, 7) is 0.709. The van der Waals surface area contributed by atoms with Gasteiger partial charge in [-0.15, -0.1) is 0 Å². The number of benzene rings is 1. The van der Waals surface area contributed by atoms with Crippen LogP contribution in [-0.4, -0.2) is 49.7 Å². The zero-order valence-corrected chi connectivity index (χ0v) is 16.4. The van der Waals surface area contributed by atoms with Crippen LogP contribution in [0.5, 0.6) is 11.5 Å². The molecule has 0 bridgehead atoms. The first kappa shape index (κ1) is 20.5. The molecule has 1 aliphatic rings. The quantitative estimate of drug-likeness (QED) is 0.669. The summed E-state index contributed by atoms with van der Waals surface area (Å²) >= 11 is 5.73. The predicted molar refractivity (Wildman–Crippen MR) is 106 cm³/mol. The molecule has 0 unspecified atom stereocenters. The Labute approximate surface area is 171 Å². The number of rotatable bonds is 6. The summed E-state index contributed by atoms with van der Waals surface area (Å²) in [7, 11) is 3.05. The van der Waals surface area contributed by atoms with Gasteiger partial charge in [0.1, 0.15) is 12.7 Å². The van der Waals surface area contributed by atoms with Gasteiger partial charge in [0.05, 0.1) is 47.6 Å². The fraction of sp³-hybridized carbons (Fsp3) is 0.250. The summed E-state index contributed by atoms with van der Waals surface area (Å²) in [6, 6.07) is 5.29. The molecule has 1 aromatic carbocycles. The molecule has 0 N–H and O–H groups in total. The number of methoxy groups -OCH3 is 2. The van der Waals surface area contributed by atoms with E-state index in [-0.39, 0.29) is 28.4 Å². The molecule has 0 aliphatic heterocycles. The smallest absolute Gasteiger partial charge is 0.202 e. The van der Waals surface area contributed by atoms with Crippen molar-refractivity contribution in [1.29, 1.82) is 5.26 Å². The second-order valence-electron chi connectivity index (χ2n) is 6.01. The molecule has 8 nitrogen and oxygen atoms in total. The molecular weight excluding hydrogens is 398 g/mol. The van der Waals surface area contributed by atoms with E-state index < -0.39 is 11.6 Å².